The van der Waals surface area contributed by atoms with Gasteiger partial charge in [0.05, 0.1) is 24.2 Å². The van der Waals surface area contributed by atoms with Crippen molar-refractivity contribution in [3.8, 4) is 0 Å². The number of unbranched alkanes of at least 4 members (excludes halogenated alkanes) is 3. The molecule has 0 aliphatic heterocycles. The zero-order chi connectivity index (χ0) is 28.5. The number of amides is 1. The number of benzene rings is 3. The Kier molecular flexibility index (Phi) is 10.6. The van der Waals surface area contributed by atoms with E-state index in [1.165, 1.54) is 79.0 Å². The fourth-order valence-corrected chi connectivity index (χ4v) is 12.3. The second-order valence-corrected chi connectivity index (χ2v) is 15.6. The maximum atomic E-state index is 13.8. The Bertz CT molecular complexity index is 1350. The van der Waals surface area contributed by atoms with Gasteiger partial charge in [-0.2, -0.15) is 0 Å². The molecule has 4 aromatic rings. The normalized spacial score (nSPS) is 12.5. The summed E-state index contributed by atoms with van der Waals surface area (Å²) in [5.74, 6) is 0.0457. The Hall–Kier alpha value is -2.90. The van der Waals surface area contributed by atoms with Crippen molar-refractivity contribution in [3.05, 3.63) is 102 Å². The van der Waals surface area contributed by atoms with Crippen LogP contribution < -0.4 is 4.90 Å². The minimum atomic E-state index is -1.51. The van der Waals surface area contributed by atoms with Crippen LogP contribution in [0, 0.1) is 0 Å². The molecule has 0 N–H and O–H groups in total. The minimum absolute atomic E-state index is 0.0457. The van der Waals surface area contributed by atoms with Crippen molar-refractivity contribution in [2.75, 3.05) is 30.4 Å². The molecule has 1 atom stereocenters. The number of carbonyl (C=O) groups is 1. The van der Waals surface area contributed by atoms with Gasteiger partial charge in [0.15, 0.2) is 0 Å². The summed E-state index contributed by atoms with van der Waals surface area (Å²) in [7, 11) is 2.63. The van der Waals surface area contributed by atoms with E-state index in [1.807, 2.05) is 42.3 Å². The van der Waals surface area contributed by atoms with Gasteiger partial charge in [-0.25, -0.2) is 0 Å². The number of rotatable bonds is 14. The Labute approximate surface area is 242 Å². The summed E-state index contributed by atoms with van der Waals surface area (Å²) in [6.45, 7) is 7.00. The Morgan fingerprint density at radius 1 is 0.750 bits per heavy atom. The van der Waals surface area contributed by atoms with Crippen molar-refractivity contribution < 1.29 is 4.79 Å². The predicted molar refractivity (Wildman–Crippen MR) is 177 cm³/mol. The van der Waals surface area contributed by atoms with Crippen LogP contribution >= 0.6 is 7.26 Å². The van der Waals surface area contributed by atoms with Crippen LogP contribution in [0.4, 0.5) is 5.69 Å². The Balaban J connectivity index is 1.98. The van der Waals surface area contributed by atoms with Crippen LogP contribution in [0.2, 0.25) is 0 Å². The number of para-hydroxylation sites is 2. The first kappa shape index (κ1) is 30.1. The highest BCUT2D eigenvalue weighted by Gasteiger charge is 2.48. The summed E-state index contributed by atoms with van der Waals surface area (Å²) < 4.78 is 2.31. The molecular formula is C36H48N2OP+. The van der Waals surface area contributed by atoms with Gasteiger partial charge in [0.2, 0.25) is 0 Å². The van der Waals surface area contributed by atoms with Crippen LogP contribution in [0.3, 0.4) is 0 Å². The van der Waals surface area contributed by atoms with E-state index < -0.39 is 7.26 Å². The number of nitrogens with zero attached hydrogens (tertiary/aromatic N) is 2. The first-order chi connectivity index (χ1) is 19.5. The van der Waals surface area contributed by atoms with E-state index in [9.17, 15) is 4.79 Å². The van der Waals surface area contributed by atoms with Crippen molar-refractivity contribution in [1.82, 2.24) is 4.57 Å². The fraction of sp³-hybridized carbons (Fsp3) is 0.417. The number of aromatic nitrogens is 1. The number of fused-ring (bicyclic) bond motifs is 1. The highest BCUT2D eigenvalue weighted by Crippen LogP contribution is 2.74. The molecule has 4 heteroatoms. The molecule has 3 nitrogen and oxygen atoms in total. The van der Waals surface area contributed by atoms with E-state index in [4.69, 9.17) is 0 Å². The average molecular weight is 556 g/mol. The zero-order valence-corrected chi connectivity index (χ0v) is 26.2. The number of aryl methyl sites for hydroxylation is 1. The molecule has 0 saturated heterocycles. The molecular weight excluding hydrogens is 507 g/mol. The molecule has 212 valence electrons. The number of hydrogen-bond donors (Lipinski definition) is 0. The van der Waals surface area contributed by atoms with Gasteiger partial charge in [0.1, 0.15) is 5.66 Å². The SMILES string of the molecule is CCCC[P+](CCCC)(CCCC)C(c1ccccc1N(C)C(=O)c1ccccc1)c1cn(C)c2ccccc12. The summed E-state index contributed by atoms with van der Waals surface area (Å²) in [6.07, 6.45) is 13.8. The van der Waals surface area contributed by atoms with Gasteiger partial charge < -0.3 is 9.47 Å². The maximum absolute atomic E-state index is 13.8. The van der Waals surface area contributed by atoms with Crippen LogP contribution in [0.25, 0.3) is 10.9 Å². The molecule has 40 heavy (non-hydrogen) atoms. The van der Waals surface area contributed by atoms with Crippen LogP contribution in [-0.2, 0) is 7.05 Å². The minimum Gasteiger partial charge on any atom is -0.350 e. The van der Waals surface area contributed by atoms with E-state index in [2.05, 4.69) is 87.1 Å². The third-order valence-electron chi connectivity index (χ3n) is 8.56. The first-order valence-electron chi connectivity index (χ1n) is 15.3. The van der Waals surface area contributed by atoms with E-state index in [-0.39, 0.29) is 5.91 Å². The zero-order valence-electron chi connectivity index (χ0n) is 25.3. The van der Waals surface area contributed by atoms with Crippen LogP contribution in [0.1, 0.15) is 86.4 Å². The Morgan fingerprint density at radius 3 is 1.93 bits per heavy atom. The van der Waals surface area contributed by atoms with Gasteiger partial charge in [-0.15, -0.1) is 0 Å². The molecule has 1 aromatic heterocycles. The lowest BCUT2D eigenvalue weighted by Gasteiger charge is -2.37. The smallest absolute Gasteiger partial charge is 0.258 e. The van der Waals surface area contributed by atoms with E-state index >= 15 is 0 Å². The highest BCUT2D eigenvalue weighted by atomic mass is 31.2. The third kappa shape index (κ3) is 6.36. The molecule has 0 aliphatic rings. The summed E-state index contributed by atoms with van der Waals surface area (Å²) >= 11 is 0. The second kappa shape index (κ2) is 14.1. The van der Waals surface area contributed by atoms with Crippen molar-refractivity contribution in [2.45, 2.75) is 65.0 Å². The molecule has 0 radical (unpaired) electrons. The second-order valence-electron chi connectivity index (χ2n) is 11.4. The first-order valence-corrected chi connectivity index (χ1v) is 17.7. The van der Waals surface area contributed by atoms with Crippen LogP contribution in [0.5, 0.6) is 0 Å². The molecule has 1 heterocycles. The number of hydrogen-bond acceptors (Lipinski definition) is 1. The molecule has 0 spiro atoms. The average Bonchev–Trinajstić information content (AvgIpc) is 3.33. The summed E-state index contributed by atoms with van der Waals surface area (Å²) in [5.41, 5.74) is 6.12. The van der Waals surface area contributed by atoms with Gasteiger partial charge in [0, 0.05) is 55.1 Å². The van der Waals surface area contributed by atoms with Crippen LogP contribution in [0.15, 0.2) is 85.1 Å². The van der Waals surface area contributed by atoms with E-state index in [0.717, 1.165) is 11.3 Å². The predicted octanol–water partition coefficient (Wildman–Crippen LogP) is 9.96. The van der Waals surface area contributed by atoms with E-state index in [0.29, 0.717) is 5.66 Å². The molecule has 0 aliphatic carbocycles. The lowest BCUT2D eigenvalue weighted by molar-refractivity contribution is 0.0993. The highest BCUT2D eigenvalue weighted by molar-refractivity contribution is 7.76. The molecule has 1 unspecified atom stereocenters. The van der Waals surface area contributed by atoms with Crippen molar-refractivity contribution >= 4 is 29.8 Å². The van der Waals surface area contributed by atoms with Gasteiger partial charge >= 0.3 is 0 Å². The maximum Gasteiger partial charge on any atom is 0.258 e. The third-order valence-corrected chi connectivity index (χ3v) is 13.8. The molecule has 0 fully saturated rings. The Morgan fingerprint density at radius 2 is 1.30 bits per heavy atom. The lowest BCUT2D eigenvalue weighted by Crippen LogP contribution is -2.28. The molecule has 0 bridgehead atoms. The molecule has 4 rings (SSSR count). The fourth-order valence-electron chi connectivity index (χ4n) is 6.40. The quantitative estimate of drug-likeness (QED) is 0.142. The molecule has 1 amide bonds. The summed E-state index contributed by atoms with van der Waals surface area (Å²) in [4.78, 5) is 15.7. The largest absolute Gasteiger partial charge is 0.350 e. The van der Waals surface area contributed by atoms with Crippen molar-refractivity contribution in [1.29, 1.82) is 0 Å². The summed E-state index contributed by atoms with van der Waals surface area (Å²) in [5, 5.41) is 1.36. The van der Waals surface area contributed by atoms with Gasteiger partial charge in [-0.05, 0) is 43.5 Å². The van der Waals surface area contributed by atoms with Gasteiger partial charge in [-0.1, -0.05) is 94.6 Å². The topological polar surface area (TPSA) is 25.2 Å². The molecule has 0 saturated carbocycles. The van der Waals surface area contributed by atoms with Gasteiger partial charge in [-0.3, -0.25) is 4.79 Å². The lowest BCUT2D eigenvalue weighted by atomic mass is 10.0. The standard InChI is InChI=1S/C36H48N2OP/c1-6-9-25-40(26-10-7-2,27-11-8-3)35(32-28-37(4)33-23-17-15-21-30(32)33)31-22-16-18-24-34(31)38(5)36(39)29-19-13-12-14-20-29/h12-24,28,35H,6-11,25-27H2,1-5H3/q+1. The number of carbonyl (C=O) groups excluding carboxylic acids is 1. The van der Waals surface area contributed by atoms with Crippen molar-refractivity contribution in [3.63, 3.8) is 0 Å². The van der Waals surface area contributed by atoms with Crippen molar-refractivity contribution in [2.24, 2.45) is 7.05 Å². The van der Waals surface area contributed by atoms with E-state index in [1.54, 1.807) is 0 Å². The number of anilines is 1. The van der Waals surface area contributed by atoms with Gasteiger partial charge in [0.25, 0.3) is 5.91 Å². The molecule has 3 aromatic carbocycles. The summed E-state index contributed by atoms with van der Waals surface area (Å²) in [6, 6.07) is 27.4. The monoisotopic (exact) mass is 555 g/mol. The van der Waals surface area contributed by atoms with Crippen LogP contribution in [-0.4, -0.2) is 36.0 Å².